The van der Waals surface area contributed by atoms with Gasteiger partial charge in [-0.05, 0) is 31.0 Å². The minimum absolute atomic E-state index is 0.233. The van der Waals surface area contributed by atoms with Crippen molar-refractivity contribution in [2.45, 2.75) is 37.6 Å². The van der Waals surface area contributed by atoms with Crippen molar-refractivity contribution >= 4 is 15.9 Å². The summed E-state index contributed by atoms with van der Waals surface area (Å²) in [5.74, 6) is 0.564. The molecule has 2 N–H and O–H groups in total. The predicted molar refractivity (Wildman–Crippen MR) is 76.5 cm³/mol. The summed E-state index contributed by atoms with van der Waals surface area (Å²) in [5, 5.41) is 3.92. The Bertz CT molecular complexity index is 623. The molecular formula is C14H15BrFN3O. The quantitative estimate of drug-likeness (QED) is 0.929. The van der Waals surface area contributed by atoms with E-state index in [1.165, 1.54) is 12.1 Å². The van der Waals surface area contributed by atoms with Gasteiger partial charge < -0.3 is 10.3 Å². The second-order valence-corrected chi connectivity index (χ2v) is 6.24. The van der Waals surface area contributed by atoms with E-state index in [0.29, 0.717) is 23.7 Å². The smallest absolute Gasteiger partial charge is 0.228 e. The minimum atomic E-state index is -0.333. The van der Waals surface area contributed by atoms with Gasteiger partial charge in [0.05, 0.1) is 0 Å². The summed E-state index contributed by atoms with van der Waals surface area (Å²) in [7, 11) is 0. The van der Waals surface area contributed by atoms with Crippen molar-refractivity contribution in [2.75, 3.05) is 0 Å². The Morgan fingerprint density at radius 3 is 2.85 bits per heavy atom. The maximum Gasteiger partial charge on any atom is 0.228 e. The first-order chi connectivity index (χ1) is 9.56. The molecule has 1 heterocycles. The number of rotatable bonds is 3. The molecule has 6 heteroatoms. The van der Waals surface area contributed by atoms with Crippen LogP contribution in [0.2, 0.25) is 0 Å². The highest BCUT2D eigenvalue weighted by Gasteiger charge is 2.31. The van der Waals surface area contributed by atoms with Crippen LogP contribution in [0.3, 0.4) is 0 Å². The number of hydrogen-bond donors (Lipinski definition) is 1. The molecule has 0 saturated heterocycles. The van der Waals surface area contributed by atoms with Crippen molar-refractivity contribution in [3.63, 3.8) is 0 Å². The Balaban J connectivity index is 1.84. The van der Waals surface area contributed by atoms with Gasteiger partial charge in [-0.3, -0.25) is 0 Å². The zero-order chi connectivity index (χ0) is 14.2. The molecule has 0 bridgehead atoms. The maximum absolute atomic E-state index is 13.3. The number of nitrogens with zero attached hydrogens (tertiary/aromatic N) is 2. The number of benzene rings is 1. The van der Waals surface area contributed by atoms with Crippen LogP contribution in [0.15, 0.2) is 27.2 Å². The summed E-state index contributed by atoms with van der Waals surface area (Å²) in [6.45, 7) is 0. The highest BCUT2D eigenvalue weighted by Crippen LogP contribution is 2.31. The summed E-state index contributed by atoms with van der Waals surface area (Å²) >= 11 is 3.36. The molecule has 0 atom stereocenters. The first kappa shape index (κ1) is 13.7. The summed E-state index contributed by atoms with van der Waals surface area (Å²) in [4.78, 5) is 4.34. The summed E-state index contributed by atoms with van der Waals surface area (Å²) in [5.41, 5.74) is 6.64. The Hall–Kier alpha value is -1.27. The van der Waals surface area contributed by atoms with E-state index in [0.717, 1.165) is 30.2 Å². The van der Waals surface area contributed by atoms with Crippen molar-refractivity contribution < 1.29 is 8.91 Å². The van der Waals surface area contributed by atoms with E-state index in [2.05, 4.69) is 26.1 Å². The van der Waals surface area contributed by atoms with Crippen LogP contribution in [-0.4, -0.2) is 15.7 Å². The molecule has 1 saturated carbocycles. The van der Waals surface area contributed by atoms with Gasteiger partial charge in [0.1, 0.15) is 5.82 Å². The van der Waals surface area contributed by atoms with Crippen LogP contribution in [0.25, 0.3) is 11.4 Å². The van der Waals surface area contributed by atoms with E-state index < -0.39 is 0 Å². The first-order valence-electron chi connectivity index (χ1n) is 6.63. The van der Waals surface area contributed by atoms with Gasteiger partial charge in [0.15, 0.2) is 0 Å². The Morgan fingerprint density at radius 2 is 2.10 bits per heavy atom. The van der Waals surface area contributed by atoms with Crippen LogP contribution in [0.4, 0.5) is 4.39 Å². The van der Waals surface area contributed by atoms with Gasteiger partial charge in [-0.15, -0.1) is 0 Å². The van der Waals surface area contributed by atoms with Crippen LogP contribution in [-0.2, 0) is 6.42 Å². The number of aromatic nitrogens is 2. The molecule has 0 spiro atoms. The fourth-order valence-electron chi connectivity index (χ4n) is 2.66. The normalized spacial score (nSPS) is 17.6. The average Bonchev–Trinajstić information content (AvgIpc) is 3.02. The topological polar surface area (TPSA) is 64.9 Å². The summed E-state index contributed by atoms with van der Waals surface area (Å²) in [6.07, 6.45) is 4.83. The second-order valence-electron chi connectivity index (χ2n) is 5.38. The minimum Gasteiger partial charge on any atom is -0.339 e. The Labute approximate surface area is 124 Å². The molecule has 0 unspecified atom stereocenters. The highest BCUT2D eigenvalue weighted by molar-refractivity contribution is 9.10. The summed E-state index contributed by atoms with van der Waals surface area (Å²) in [6, 6.07) is 4.39. The molecule has 1 aliphatic rings. The van der Waals surface area contributed by atoms with Crippen molar-refractivity contribution in [3.05, 3.63) is 34.4 Å². The molecule has 4 nitrogen and oxygen atoms in total. The van der Waals surface area contributed by atoms with Crippen LogP contribution in [0, 0.1) is 5.82 Å². The van der Waals surface area contributed by atoms with E-state index in [4.69, 9.17) is 10.3 Å². The van der Waals surface area contributed by atoms with E-state index in [1.807, 2.05) is 0 Å². The number of hydrogen-bond acceptors (Lipinski definition) is 4. The lowest BCUT2D eigenvalue weighted by Gasteiger charge is -2.20. The fraction of sp³-hybridized carbons (Fsp3) is 0.429. The number of nitrogens with two attached hydrogens (primary N) is 1. The van der Waals surface area contributed by atoms with Crippen LogP contribution in [0.5, 0.6) is 0 Å². The fourth-order valence-corrected chi connectivity index (χ4v) is 3.09. The van der Waals surface area contributed by atoms with Gasteiger partial charge in [0.2, 0.25) is 11.7 Å². The zero-order valence-electron chi connectivity index (χ0n) is 10.9. The molecule has 20 heavy (non-hydrogen) atoms. The summed E-state index contributed by atoms with van der Waals surface area (Å²) < 4.78 is 19.3. The zero-order valence-corrected chi connectivity index (χ0v) is 12.5. The van der Waals surface area contributed by atoms with Gasteiger partial charge >= 0.3 is 0 Å². The molecule has 1 aromatic carbocycles. The molecule has 0 amide bonds. The van der Waals surface area contributed by atoms with Crippen LogP contribution >= 0.6 is 15.9 Å². The van der Waals surface area contributed by atoms with Crippen molar-refractivity contribution in [1.29, 1.82) is 0 Å². The third-order valence-electron chi connectivity index (χ3n) is 3.74. The van der Waals surface area contributed by atoms with Gasteiger partial charge in [-0.2, -0.15) is 4.98 Å². The highest BCUT2D eigenvalue weighted by atomic mass is 79.9. The molecule has 106 valence electrons. The molecule has 1 aromatic heterocycles. The van der Waals surface area contributed by atoms with Crippen LogP contribution in [0.1, 0.15) is 31.6 Å². The SMILES string of the molecule is NC1(Cc2nc(-c3cc(F)ccc3Br)no2)CCCC1. The monoisotopic (exact) mass is 339 g/mol. The molecule has 0 aliphatic heterocycles. The average molecular weight is 340 g/mol. The standard InChI is InChI=1S/C14H15BrFN3O/c15-11-4-3-9(16)7-10(11)13-18-12(20-19-13)8-14(17)5-1-2-6-14/h3-4,7H,1-2,5-6,8,17H2. The number of halogens is 2. The van der Waals surface area contributed by atoms with Gasteiger partial charge in [-0.25, -0.2) is 4.39 Å². The molecule has 0 radical (unpaired) electrons. The third-order valence-corrected chi connectivity index (χ3v) is 4.43. The molecular weight excluding hydrogens is 325 g/mol. The van der Waals surface area contributed by atoms with Gasteiger partial charge in [0.25, 0.3) is 0 Å². The second kappa shape index (κ2) is 5.26. The lowest BCUT2D eigenvalue weighted by atomic mass is 9.95. The lowest BCUT2D eigenvalue weighted by Crippen LogP contribution is -2.38. The van der Waals surface area contributed by atoms with Gasteiger partial charge in [0, 0.05) is 22.0 Å². The largest absolute Gasteiger partial charge is 0.339 e. The van der Waals surface area contributed by atoms with Crippen molar-refractivity contribution in [2.24, 2.45) is 5.73 Å². The molecule has 1 aliphatic carbocycles. The third kappa shape index (κ3) is 2.76. The lowest BCUT2D eigenvalue weighted by molar-refractivity contribution is 0.329. The predicted octanol–water partition coefficient (Wildman–Crippen LogP) is 3.45. The van der Waals surface area contributed by atoms with Crippen molar-refractivity contribution in [3.8, 4) is 11.4 Å². The Kier molecular flexibility index (Phi) is 3.60. The van der Waals surface area contributed by atoms with Crippen molar-refractivity contribution in [1.82, 2.24) is 10.1 Å². The van der Waals surface area contributed by atoms with Crippen LogP contribution < -0.4 is 5.73 Å². The molecule has 2 aromatic rings. The van der Waals surface area contributed by atoms with E-state index in [1.54, 1.807) is 6.07 Å². The van der Waals surface area contributed by atoms with Gasteiger partial charge in [-0.1, -0.05) is 33.9 Å². The van der Waals surface area contributed by atoms with E-state index in [9.17, 15) is 4.39 Å². The first-order valence-corrected chi connectivity index (χ1v) is 7.42. The van der Waals surface area contributed by atoms with E-state index >= 15 is 0 Å². The maximum atomic E-state index is 13.3. The van der Waals surface area contributed by atoms with E-state index in [-0.39, 0.29) is 11.4 Å². The molecule has 3 rings (SSSR count). The Morgan fingerprint density at radius 1 is 1.35 bits per heavy atom. The molecule has 1 fully saturated rings.